The predicted molar refractivity (Wildman–Crippen MR) is 59.8 cm³/mol. The van der Waals surface area contributed by atoms with E-state index in [0.29, 0.717) is 13.0 Å². The maximum atomic E-state index is 11.9. The second-order valence-electron chi connectivity index (χ2n) is 4.73. The number of nitrogens with one attached hydrogen (secondary N) is 2. The molecule has 90 valence electrons. The number of nitrogens with zero attached hydrogens (tertiary/aromatic N) is 1. The normalized spacial score (nSPS) is 30.6. The lowest BCUT2D eigenvalue weighted by atomic mass is 10.0. The van der Waals surface area contributed by atoms with Gasteiger partial charge in [-0.25, -0.2) is 0 Å². The van der Waals surface area contributed by atoms with Crippen LogP contribution < -0.4 is 10.6 Å². The van der Waals surface area contributed by atoms with Crippen molar-refractivity contribution in [3.8, 4) is 0 Å². The van der Waals surface area contributed by atoms with Crippen molar-refractivity contribution in [3.63, 3.8) is 0 Å². The van der Waals surface area contributed by atoms with Crippen LogP contribution in [0.2, 0.25) is 0 Å². The molecular weight excluding hydrogens is 206 g/mol. The minimum Gasteiger partial charge on any atom is -0.352 e. The number of hydrogen-bond acceptors (Lipinski definition) is 3. The van der Waals surface area contributed by atoms with E-state index in [1.165, 1.54) is 0 Å². The lowest BCUT2D eigenvalue weighted by Crippen LogP contribution is -2.47. The third kappa shape index (κ3) is 2.52. The van der Waals surface area contributed by atoms with Crippen molar-refractivity contribution >= 4 is 11.8 Å². The molecule has 2 aliphatic rings. The van der Waals surface area contributed by atoms with E-state index in [0.717, 1.165) is 25.9 Å². The summed E-state index contributed by atoms with van der Waals surface area (Å²) in [6.45, 7) is 2.45. The fraction of sp³-hybridized carbons (Fsp3) is 0.818. The molecular formula is C11H19N3O2. The Morgan fingerprint density at radius 2 is 2.38 bits per heavy atom. The SMILES string of the molecule is CN1CC(C(=O)NC2CCCNC2)CC1=O. The van der Waals surface area contributed by atoms with Gasteiger partial charge < -0.3 is 15.5 Å². The summed E-state index contributed by atoms with van der Waals surface area (Å²) < 4.78 is 0. The van der Waals surface area contributed by atoms with Crippen molar-refractivity contribution in [1.82, 2.24) is 15.5 Å². The highest BCUT2D eigenvalue weighted by atomic mass is 16.2. The maximum absolute atomic E-state index is 11.9. The number of hydrogen-bond donors (Lipinski definition) is 2. The van der Waals surface area contributed by atoms with Crippen molar-refractivity contribution in [1.29, 1.82) is 0 Å². The summed E-state index contributed by atoms with van der Waals surface area (Å²) in [6, 6.07) is 0.238. The van der Waals surface area contributed by atoms with E-state index < -0.39 is 0 Å². The van der Waals surface area contributed by atoms with E-state index in [2.05, 4.69) is 10.6 Å². The molecule has 0 aromatic rings. The molecule has 2 unspecified atom stereocenters. The van der Waals surface area contributed by atoms with Gasteiger partial charge in [0.15, 0.2) is 0 Å². The van der Waals surface area contributed by atoms with Crippen LogP contribution in [0, 0.1) is 5.92 Å². The van der Waals surface area contributed by atoms with Crippen LogP contribution in [0.15, 0.2) is 0 Å². The summed E-state index contributed by atoms with van der Waals surface area (Å²) >= 11 is 0. The van der Waals surface area contributed by atoms with Gasteiger partial charge in [0.1, 0.15) is 0 Å². The number of carbonyl (C=O) groups is 2. The zero-order valence-electron chi connectivity index (χ0n) is 9.66. The van der Waals surface area contributed by atoms with E-state index in [-0.39, 0.29) is 23.8 Å². The molecule has 2 heterocycles. The predicted octanol–water partition coefficient (Wildman–Crippen LogP) is -0.667. The molecule has 0 aromatic carbocycles. The molecule has 2 N–H and O–H groups in total. The van der Waals surface area contributed by atoms with Gasteiger partial charge in [-0.2, -0.15) is 0 Å². The van der Waals surface area contributed by atoms with E-state index in [9.17, 15) is 9.59 Å². The average molecular weight is 225 g/mol. The van der Waals surface area contributed by atoms with Gasteiger partial charge in [-0.1, -0.05) is 0 Å². The third-order valence-corrected chi connectivity index (χ3v) is 3.36. The van der Waals surface area contributed by atoms with Gasteiger partial charge in [0.25, 0.3) is 0 Å². The largest absolute Gasteiger partial charge is 0.352 e. The molecule has 5 heteroatoms. The fourth-order valence-electron chi connectivity index (χ4n) is 2.33. The van der Waals surface area contributed by atoms with Crippen molar-refractivity contribution in [3.05, 3.63) is 0 Å². The summed E-state index contributed by atoms with van der Waals surface area (Å²) in [5.41, 5.74) is 0. The summed E-state index contributed by atoms with van der Waals surface area (Å²) in [5, 5.41) is 6.28. The first-order valence-corrected chi connectivity index (χ1v) is 5.92. The van der Waals surface area contributed by atoms with Crippen LogP contribution in [0.5, 0.6) is 0 Å². The lowest BCUT2D eigenvalue weighted by molar-refractivity contribution is -0.128. The average Bonchev–Trinajstić information content (AvgIpc) is 2.61. The Labute approximate surface area is 95.6 Å². The highest BCUT2D eigenvalue weighted by Crippen LogP contribution is 2.16. The molecule has 5 nitrogen and oxygen atoms in total. The second-order valence-corrected chi connectivity index (χ2v) is 4.73. The molecule has 2 rings (SSSR count). The van der Waals surface area contributed by atoms with Crippen LogP contribution in [0.1, 0.15) is 19.3 Å². The van der Waals surface area contributed by atoms with Gasteiger partial charge in [0.05, 0.1) is 5.92 Å². The molecule has 16 heavy (non-hydrogen) atoms. The Balaban J connectivity index is 1.81. The van der Waals surface area contributed by atoms with Crippen LogP contribution in [0.4, 0.5) is 0 Å². The molecule has 0 spiro atoms. The van der Waals surface area contributed by atoms with Gasteiger partial charge in [-0.3, -0.25) is 9.59 Å². The zero-order chi connectivity index (χ0) is 11.5. The second kappa shape index (κ2) is 4.82. The van der Waals surface area contributed by atoms with E-state index >= 15 is 0 Å². The smallest absolute Gasteiger partial charge is 0.225 e. The van der Waals surface area contributed by atoms with Gasteiger partial charge in [-0.15, -0.1) is 0 Å². The molecule has 2 amide bonds. The molecule has 0 aromatic heterocycles. The van der Waals surface area contributed by atoms with E-state index in [1.807, 2.05) is 0 Å². The standard InChI is InChI=1S/C11H19N3O2/c1-14-7-8(5-10(14)15)11(16)13-9-3-2-4-12-6-9/h8-9,12H,2-7H2,1H3,(H,13,16). The van der Waals surface area contributed by atoms with Gasteiger partial charge >= 0.3 is 0 Å². The molecule has 0 aliphatic carbocycles. The Morgan fingerprint density at radius 1 is 1.56 bits per heavy atom. The Kier molecular flexibility index (Phi) is 3.43. The molecule has 2 aliphatic heterocycles. The number of carbonyl (C=O) groups excluding carboxylic acids is 2. The molecule has 2 atom stereocenters. The molecule has 0 saturated carbocycles. The monoisotopic (exact) mass is 225 g/mol. The topological polar surface area (TPSA) is 61.4 Å². The highest BCUT2D eigenvalue weighted by Gasteiger charge is 2.32. The van der Waals surface area contributed by atoms with Crippen LogP contribution in [0.25, 0.3) is 0 Å². The Morgan fingerprint density at radius 3 is 2.94 bits per heavy atom. The summed E-state index contributed by atoms with van der Waals surface area (Å²) in [4.78, 5) is 24.8. The first-order chi connectivity index (χ1) is 7.66. The number of rotatable bonds is 2. The quantitative estimate of drug-likeness (QED) is 0.655. The van der Waals surface area contributed by atoms with Crippen LogP contribution in [-0.4, -0.2) is 49.4 Å². The fourth-order valence-corrected chi connectivity index (χ4v) is 2.33. The number of likely N-dealkylation sites (tertiary alicyclic amines) is 1. The van der Waals surface area contributed by atoms with Gasteiger partial charge in [0, 0.05) is 32.6 Å². The summed E-state index contributed by atoms with van der Waals surface area (Å²) in [6.07, 6.45) is 2.51. The maximum Gasteiger partial charge on any atom is 0.225 e. The van der Waals surface area contributed by atoms with Crippen molar-refractivity contribution in [2.75, 3.05) is 26.7 Å². The van der Waals surface area contributed by atoms with Crippen molar-refractivity contribution < 1.29 is 9.59 Å². The van der Waals surface area contributed by atoms with Crippen LogP contribution in [0.3, 0.4) is 0 Å². The number of amides is 2. The van der Waals surface area contributed by atoms with Gasteiger partial charge in [-0.05, 0) is 19.4 Å². The minimum atomic E-state index is -0.153. The Bertz CT molecular complexity index is 287. The van der Waals surface area contributed by atoms with Crippen molar-refractivity contribution in [2.45, 2.75) is 25.3 Å². The first-order valence-electron chi connectivity index (χ1n) is 5.92. The summed E-state index contributed by atoms with van der Waals surface area (Å²) in [5.74, 6) is -0.0484. The molecule has 2 fully saturated rings. The number of piperidine rings is 1. The minimum absolute atomic E-state index is 0.0337. The first kappa shape index (κ1) is 11.4. The van der Waals surface area contributed by atoms with Crippen LogP contribution >= 0.6 is 0 Å². The zero-order valence-corrected chi connectivity index (χ0v) is 9.66. The van der Waals surface area contributed by atoms with E-state index in [1.54, 1.807) is 11.9 Å². The van der Waals surface area contributed by atoms with Crippen LogP contribution in [-0.2, 0) is 9.59 Å². The van der Waals surface area contributed by atoms with E-state index in [4.69, 9.17) is 0 Å². The Hall–Kier alpha value is -1.10. The highest BCUT2D eigenvalue weighted by molar-refractivity contribution is 5.89. The summed E-state index contributed by atoms with van der Waals surface area (Å²) in [7, 11) is 1.75. The third-order valence-electron chi connectivity index (χ3n) is 3.36. The van der Waals surface area contributed by atoms with Gasteiger partial charge in [0.2, 0.25) is 11.8 Å². The molecule has 2 saturated heterocycles. The molecule has 0 bridgehead atoms. The van der Waals surface area contributed by atoms with Crippen molar-refractivity contribution in [2.24, 2.45) is 5.92 Å². The molecule has 0 radical (unpaired) electrons. The lowest BCUT2D eigenvalue weighted by Gasteiger charge is -2.25.